The highest BCUT2D eigenvalue weighted by molar-refractivity contribution is 6.33. The van der Waals surface area contributed by atoms with E-state index in [9.17, 15) is 9.90 Å². The average Bonchev–Trinajstić information content (AvgIpc) is 3.53. The average molecular weight is 518 g/mol. The first kappa shape index (κ1) is 23.6. The largest absolute Gasteiger partial charge is 0.388 e. The molecule has 1 saturated heterocycles. The molecule has 1 aliphatic rings. The molecule has 13 heteroatoms. The molecule has 3 aromatic heterocycles. The lowest BCUT2D eigenvalue weighted by atomic mass is 10.1. The van der Waals surface area contributed by atoms with Crippen molar-refractivity contribution in [1.29, 1.82) is 0 Å². The Morgan fingerprint density at radius 3 is 2.74 bits per heavy atom. The van der Waals surface area contributed by atoms with Gasteiger partial charge in [0.2, 0.25) is 5.89 Å². The van der Waals surface area contributed by atoms with Gasteiger partial charge in [-0.25, -0.2) is 4.68 Å². The van der Waals surface area contributed by atoms with Gasteiger partial charge in [-0.05, 0) is 37.0 Å². The van der Waals surface area contributed by atoms with Crippen LogP contribution >= 0.6 is 23.2 Å². The van der Waals surface area contributed by atoms with Crippen molar-refractivity contribution in [2.45, 2.75) is 44.6 Å². The minimum Gasteiger partial charge on any atom is -0.388 e. The van der Waals surface area contributed by atoms with E-state index in [0.717, 1.165) is 23.9 Å². The third kappa shape index (κ3) is 5.27. The summed E-state index contributed by atoms with van der Waals surface area (Å²) < 4.78 is 12.0. The quantitative estimate of drug-likeness (QED) is 0.391. The van der Waals surface area contributed by atoms with Gasteiger partial charge >= 0.3 is 0 Å². The Labute approximate surface area is 209 Å². The summed E-state index contributed by atoms with van der Waals surface area (Å²) in [5.41, 5.74) is 0.936. The number of halogens is 2. The molecule has 11 nitrogen and oxygen atoms in total. The van der Waals surface area contributed by atoms with E-state index in [0.29, 0.717) is 34.3 Å². The van der Waals surface area contributed by atoms with Crippen LogP contribution in [0.3, 0.4) is 0 Å². The molecular formula is C22H21Cl2N7O4. The van der Waals surface area contributed by atoms with E-state index >= 15 is 0 Å². The van der Waals surface area contributed by atoms with Crippen molar-refractivity contribution in [3.63, 3.8) is 0 Å². The summed E-state index contributed by atoms with van der Waals surface area (Å²) in [6.45, 7) is 0.586. The van der Waals surface area contributed by atoms with E-state index in [1.807, 2.05) is 0 Å². The second-order valence-electron chi connectivity index (χ2n) is 8.08. The predicted molar refractivity (Wildman–Crippen MR) is 125 cm³/mol. The van der Waals surface area contributed by atoms with Gasteiger partial charge in [0.25, 0.3) is 5.56 Å². The van der Waals surface area contributed by atoms with Crippen LogP contribution in [0.1, 0.15) is 48.9 Å². The summed E-state index contributed by atoms with van der Waals surface area (Å²) in [5.74, 6) is 0.446. The van der Waals surface area contributed by atoms with Gasteiger partial charge in [0, 0.05) is 23.6 Å². The molecule has 0 spiro atoms. The molecule has 1 aromatic carbocycles. The zero-order valence-electron chi connectivity index (χ0n) is 18.4. The van der Waals surface area contributed by atoms with Crippen LogP contribution in [0.15, 0.2) is 46.0 Å². The van der Waals surface area contributed by atoms with E-state index in [1.165, 1.54) is 17.2 Å². The molecule has 35 heavy (non-hydrogen) atoms. The monoisotopic (exact) mass is 517 g/mol. The van der Waals surface area contributed by atoms with Gasteiger partial charge in [0.15, 0.2) is 12.1 Å². The van der Waals surface area contributed by atoms with Crippen LogP contribution in [0.2, 0.25) is 10.0 Å². The molecule has 1 aliphatic heterocycles. The Bertz CT molecular complexity index is 1360. The maximum atomic E-state index is 12.8. The maximum absolute atomic E-state index is 12.8. The molecule has 0 radical (unpaired) electrons. The Hall–Kier alpha value is -3.12. The van der Waals surface area contributed by atoms with Crippen molar-refractivity contribution in [3.8, 4) is 11.3 Å². The molecule has 4 heterocycles. The lowest BCUT2D eigenvalue weighted by molar-refractivity contribution is -0.0479. The van der Waals surface area contributed by atoms with Gasteiger partial charge in [-0.15, -0.1) is 0 Å². The van der Waals surface area contributed by atoms with Gasteiger partial charge in [-0.3, -0.25) is 4.79 Å². The highest BCUT2D eigenvalue weighted by Crippen LogP contribution is 2.25. The van der Waals surface area contributed by atoms with Crippen molar-refractivity contribution in [3.05, 3.63) is 74.3 Å². The number of benzene rings is 1. The van der Waals surface area contributed by atoms with Crippen molar-refractivity contribution in [1.82, 2.24) is 34.9 Å². The van der Waals surface area contributed by atoms with Gasteiger partial charge in [0.1, 0.15) is 17.3 Å². The van der Waals surface area contributed by atoms with Gasteiger partial charge in [-0.1, -0.05) is 40.5 Å². The molecule has 1 N–H and O–H groups in total. The van der Waals surface area contributed by atoms with Crippen molar-refractivity contribution < 1.29 is 14.4 Å². The maximum Gasteiger partial charge on any atom is 0.286 e. The molecule has 0 amide bonds. The molecule has 0 bridgehead atoms. The minimum atomic E-state index is -0.834. The van der Waals surface area contributed by atoms with E-state index < -0.39 is 11.7 Å². The summed E-state index contributed by atoms with van der Waals surface area (Å²) in [6, 6.07) is 6.83. The molecule has 1 fully saturated rings. The van der Waals surface area contributed by atoms with E-state index in [1.54, 1.807) is 24.3 Å². The Kier molecular flexibility index (Phi) is 6.91. The fraction of sp³-hybridized carbons (Fsp3) is 0.364. The zero-order valence-corrected chi connectivity index (χ0v) is 19.9. The zero-order chi connectivity index (χ0) is 24.4. The molecule has 2 unspecified atom stereocenters. The normalized spacial score (nSPS) is 16.9. The van der Waals surface area contributed by atoms with Crippen molar-refractivity contribution in [2.75, 3.05) is 6.61 Å². The summed E-state index contributed by atoms with van der Waals surface area (Å²) in [4.78, 5) is 18.6. The van der Waals surface area contributed by atoms with Crippen LogP contribution in [0.5, 0.6) is 0 Å². The van der Waals surface area contributed by atoms with Crippen LogP contribution in [0, 0.1) is 0 Å². The molecule has 182 valence electrons. The predicted octanol–water partition coefficient (Wildman–Crippen LogP) is 3.22. The number of hydrogen-bond donors (Lipinski definition) is 1. The molecule has 5 rings (SSSR count). The second kappa shape index (κ2) is 10.2. The number of ether oxygens (including phenoxy) is 1. The SMILES string of the molecule is O=c1c(Cl)c(-c2cnn(C3CCCCO3)n2)cnn1Cc1nc(CC(O)c2ccc(Cl)cc2)no1. The fourth-order valence-corrected chi connectivity index (χ4v) is 4.11. The summed E-state index contributed by atoms with van der Waals surface area (Å²) >= 11 is 12.2. The molecule has 2 atom stereocenters. The number of aliphatic hydroxyl groups is 1. The lowest BCUT2D eigenvalue weighted by Gasteiger charge is -2.21. The summed E-state index contributed by atoms with van der Waals surface area (Å²) in [5, 5.41) is 27.7. The van der Waals surface area contributed by atoms with Gasteiger partial charge in [-0.2, -0.15) is 25.1 Å². The highest BCUT2D eigenvalue weighted by Gasteiger charge is 2.21. The molecular weight excluding hydrogens is 497 g/mol. The van der Waals surface area contributed by atoms with Crippen LogP contribution in [-0.4, -0.2) is 46.6 Å². The van der Waals surface area contributed by atoms with Crippen molar-refractivity contribution >= 4 is 23.2 Å². The topological polar surface area (TPSA) is 134 Å². The number of rotatable bonds is 7. The number of aliphatic hydroxyl groups excluding tert-OH is 1. The van der Waals surface area contributed by atoms with Crippen molar-refractivity contribution in [2.24, 2.45) is 0 Å². The third-order valence-corrected chi connectivity index (χ3v) is 6.23. The third-order valence-electron chi connectivity index (χ3n) is 5.61. The van der Waals surface area contributed by atoms with E-state index in [-0.39, 0.29) is 30.1 Å². The van der Waals surface area contributed by atoms with Crippen LogP contribution < -0.4 is 5.56 Å². The van der Waals surface area contributed by atoms with Crippen LogP contribution in [0.4, 0.5) is 0 Å². The number of aromatic nitrogens is 7. The fourth-order valence-electron chi connectivity index (χ4n) is 3.74. The highest BCUT2D eigenvalue weighted by atomic mass is 35.5. The first-order valence-corrected chi connectivity index (χ1v) is 11.8. The Morgan fingerprint density at radius 1 is 1.14 bits per heavy atom. The molecule has 4 aromatic rings. The first-order valence-electron chi connectivity index (χ1n) is 11.0. The Balaban J connectivity index is 1.28. The molecule has 0 aliphatic carbocycles. The van der Waals surface area contributed by atoms with E-state index in [2.05, 4.69) is 25.4 Å². The smallest absolute Gasteiger partial charge is 0.286 e. The van der Waals surface area contributed by atoms with E-state index in [4.69, 9.17) is 32.5 Å². The standard InChI is InChI=1S/C22H21Cl2N7O4/c23-14-6-4-13(5-7-14)17(32)9-18-27-19(35-29-18)12-30-22(33)21(24)15(10-25-30)16-11-26-31(28-16)20-3-1-2-8-34-20/h4-7,10-11,17,20,32H,1-3,8-9,12H2. The number of nitrogens with zero attached hydrogens (tertiary/aromatic N) is 7. The Morgan fingerprint density at radius 2 is 1.97 bits per heavy atom. The lowest BCUT2D eigenvalue weighted by Crippen LogP contribution is -2.24. The molecule has 0 saturated carbocycles. The first-order chi connectivity index (χ1) is 17.0. The number of hydrogen-bond acceptors (Lipinski definition) is 9. The van der Waals surface area contributed by atoms with Gasteiger partial charge < -0.3 is 14.4 Å². The second-order valence-corrected chi connectivity index (χ2v) is 8.90. The summed E-state index contributed by atoms with van der Waals surface area (Å²) in [6.07, 6.45) is 4.93. The van der Waals surface area contributed by atoms with Gasteiger partial charge in [0.05, 0.1) is 18.5 Å². The van der Waals surface area contributed by atoms with Crippen LogP contribution in [0.25, 0.3) is 11.3 Å². The summed E-state index contributed by atoms with van der Waals surface area (Å²) in [7, 11) is 0. The van der Waals surface area contributed by atoms with Crippen LogP contribution in [-0.2, 0) is 17.7 Å². The minimum absolute atomic E-state index is 0.0467.